The Labute approximate surface area is 129 Å². The summed E-state index contributed by atoms with van der Waals surface area (Å²) in [5.74, 6) is 0.813. The number of methoxy groups -OCH3 is 1. The van der Waals surface area contributed by atoms with Crippen LogP contribution in [0.1, 0.15) is 12.0 Å². The number of amides is 1. The van der Waals surface area contributed by atoms with E-state index in [9.17, 15) is 4.79 Å². The largest absolute Gasteiger partial charge is 0.497 e. The zero-order chi connectivity index (χ0) is 15.1. The molecule has 6 heteroatoms. The average Bonchev–Trinajstić information content (AvgIpc) is 2.81. The van der Waals surface area contributed by atoms with Gasteiger partial charge in [-0.25, -0.2) is 4.79 Å². The number of carbonyl (C=O) groups excluding carboxylic acids is 1. The Hall–Kier alpha value is -1.79. The summed E-state index contributed by atoms with van der Waals surface area (Å²) < 4.78 is 16.0. The van der Waals surface area contributed by atoms with E-state index in [1.54, 1.807) is 7.11 Å². The molecule has 0 aromatic heterocycles. The van der Waals surface area contributed by atoms with E-state index in [4.69, 9.17) is 14.2 Å². The zero-order valence-electron chi connectivity index (χ0n) is 12.7. The van der Waals surface area contributed by atoms with Crippen LogP contribution in [-0.4, -0.2) is 56.6 Å². The highest BCUT2D eigenvalue weighted by molar-refractivity contribution is 5.91. The number of ether oxygens (including phenoxy) is 3. The van der Waals surface area contributed by atoms with Gasteiger partial charge < -0.3 is 14.2 Å². The molecule has 0 spiro atoms. The first-order valence-corrected chi connectivity index (χ1v) is 7.71. The number of carbonyl (C=O) groups is 1. The van der Waals surface area contributed by atoms with E-state index < -0.39 is 0 Å². The number of nitrogens with zero attached hydrogens (tertiary/aromatic N) is 2. The maximum Gasteiger partial charge on any atom is 0.414 e. The van der Waals surface area contributed by atoms with Gasteiger partial charge in [-0.05, 0) is 30.2 Å². The molecule has 0 N–H and O–H groups in total. The normalized spacial score (nSPS) is 25.6. The van der Waals surface area contributed by atoms with Gasteiger partial charge in [0.05, 0.1) is 38.1 Å². The molecule has 118 valence electrons. The number of hydrogen-bond acceptors (Lipinski definition) is 5. The number of fused-ring (bicyclic) bond motifs is 3. The maximum atomic E-state index is 12.1. The molecule has 6 nitrogen and oxygen atoms in total. The second-order valence-electron chi connectivity index (χ2n) is 6.05. The van der Waals surface area contributed by atoms with Gasteiger partial charge in [0.1, 0.15) is 12.4 Å². The molecule has 1 atom stereocenters. The van der Waals surface area contributed by atoms with E-state index in [1.807, 2.05) is 23.1 Å². The van der Waals surface area contributed by atoms with Crippen molar-refractivity contribution in [2.24, 2.45) is 0 Å². The SMILES string of the molecule is COc1ccc2c(c1)CN(C1COC1)CC[C@H]1COC(=O)N21. The van der Waals surface area contributed by atoms with Crippen molar-refractivity contribution < 1.29 is 19.0 Å². The van der Waals surface area contributed by atoms with Crippen molar-refractivity contribution >= 4 is 11.8 Å². The molecule has 4 rings (SSSR count). The molecule has 1 amide bonds. The summed E-state index contributed by atoms with van der Waals surface area (Å²) in [5, 5.41) is 0. The Balaban J connectivity index is 1.73. The molecule has 1 aromatic carbocycles. The predicted octanol–water partition coefficient (Wildman–Crippen LogP) is 1.62. The maximum absolute atomic E-state index is 12.1. The Morgan fingerprint density at radius 2 is 2.09 bits per heavy atom. The molecule has 2 saturated heterocycles. The first-order valence-electron chi connectivity index (χ1n) is 7.71. The van der Waals surface area contributed by atoms with E-state index in [1.165, 1.54) is 0 Å². The lowest BCUT2D eigenvalue weighted by Crippen LogP contribution is -2.51. The Morgan fingerprint density at radius 3 is 2.82 bits per heavy atom. The molecule has 3 heterocycles. The van der Waals surface area contributed by atoms with E-state index in [0.29, 0.717) is 12.6 Å². The van der Waals surface area contributed by atoms with Crippen molar-refractivity contribution in [3.8, 4) is 5.75 Å². The molecule has 1 aromatic rings. The quantitative estimate of drug-likeness (QED) is 0.831. The topological polar surface area (TPSA) is 51.2 Å². The third-order valence-electron chi connectivity index (χ3n) is 4.77. The van der Waals surface area contributed by atoms with Crippen molar-refractivity contribution in [1.29, 1.82) is 0 Å². The van der Waals surface area contributed by atoms with Crippen molar-refractivity contribution in [2.75, 3.05) is 38.4 Å². The minimum absolute atomic E-state index is 0.114. The molecule has 0 radical (unpaired) electrons. The molecule has 0 aliphatic carbocycles. The fraction of sp³-hybridized carbons (Fsp3) is 0.562. The van der Waals surface area contributed by atoms with Gasteiger partial charge in [0, 0.05) is 13.1 Å². The third-order valence-corrected chi connectivity index (χ3v) is 4.77. The molecule has 0 bridgehead atoms. The Bertz CT molecular complexity index is 588. The Morgan fingerprint density at radius 1 is 1.23 bits per heavy atom. The second kappa shape index (κ2) is 5.44. The van der Waals surface area contributed by atoms with Gasteiger partial charge in [-0.3, -0.25) is 9.80 Å². The monoisotopic (exact) mass is 304 g/mol. The number of cyclic esters (lactones) is 1. The van der Waals surface area contributed by atoms with Crippen LogP contribution in [0.3, 0.4) is 0 Å². The van der Waals surface area contributed by atoms with Crippen LogP contribution in [0.2, 0.25) is 0 Å². The third kappa shape index (κ3) is 2.23. The van der Waals surface area contributed by atoms with E-state index in [0.717, 1.165) is 49.7 Å². The van der Waals surface area contributed by atoms with Gasteiger partial charge in [0.2, 0.25) is 0 Å². The Kier molecular flexibility index (Phi) is 3.43. The average molecular weight is 304 g/mol. The van der Waals surface area contributed by atoms with Crippen molar-refractivity contribution in [3.05, 3.63) is 23.8 Å². The summed E-state index contributed by atoms with van der Waals surface area (Å²) in [4.78, 5) is 16.4. The first kappa shape index (κ1) is 13.8. The van der Waals surface area contributed by atoms with E-state index in [2.05, 4.69) is 4.90 Å². The van der Waals surface area contributed by atoms with Crippen molar-refractivity contribution in [3.63, 3.8) is 0 Å². The summed E-state index contributed by atoms with van der Waals surface area (Å²) >= 11 is 0. The molecule has 2 fully saturated rings. The van der Waals surface area contributed by atoms with Crippen LogP contribution in [0, 0.1) is 0 Å². The minimum Gasteiger partial charge on any atom is -0.497 e. The minimum atomic E-state index is -0.239. The first-order chi connectivity index (χ1) is 10.8. The molecule has 3 aliphatic heterocycles. The molecular weight excluding hydrogens is 284 g/mol. The second-order valence-corrected chi connectivity index (χ2v) is 6.05. The number of rotatable bonds is 2. The summed E-state index contributed by atoms with van der Waals surface area (Å²) in [6.07, 6.45) is 0.685. The highest BCUT2D eigenvalue weighted by Gasteiger charge is 2.38. The smallest absolute Gasteiger partial charge is 0.414 e. The van der Waals surface area contributed by atoms with Gasteiger partial charge in [-0.2, -0.15) is 0 Å². The lowest BCUT2D eigenvalue weighted by molar-refractivity contribution is -0.0689. The van der Waals surface area contributed by atoms with E-state index >= 15 is 0 Å². The zero-order valence-corrected chi connectivity index (χ0v) is 12.7. The molecular formula is C16H20N2O4. The van der Waals surface area contributed by atoms with Crippen LogP contribution in [-0.2, 0) is 16.0 Å². The molecule has 22 heavy (non-hydrogen) atoms. The van der Waals surface area contributed by atoms with Gasteiger partial charge in [0.15, 0.2) is 0 Å². The van der Waals surface area contributed by atoms with Gasteiger partial charge >= 0.3 is 6.09 Å². The highest BCUT2D eigenvalue weighted by atomic mass is 16.6. The number of hydrogen-bond donors (Lipinski definition) is 0. The summed E-state index contributed by atoms with van der Waals surface area (Å²) in [6.45, 7) is 3.81. The van der Waals surface area contributed by atoms with Gasteiger partial charge in [0.25, 0.3) is 0 Å². The lowest BCUT2D eigenvalue weighted by atomic mass is 10.0. The van der Waals surface area contributed by atoms with Crippen molar-refractivity contribution in [2.45, 2.75) is 25.0 Å². The molecule has 3 aliphatic rings. The lowest BCUT2D eigenvalue weighted by Gasteiger charge is -2.40. The van der Waals surface area contributed by atoms with Crippen LogP contribution in [0.25, 0.3) is 0 Å². The van der Waals surface area contributed by atoms with E-state index in [-0.39, 0.29) is 12.1 Å². The fourth-order valence-corrected chi connectivity index (χ4v) is 3.38. The predicted molar refractivity (Wildman–Crippen MR) is 80.2 cm³/mol. The van der Waals surface area contributed by atoms with Crippen LogP contribution in [0.15, 0.2) is 18.2 Å². The summed E-state index contributed by atoms with van der Waals surface area (Å²) in [7, 11) is 1.66. The summed E-state index contributed by atoms with van der Waals surface area (Å²) in [5.41, 5.74) is 2.05. The van der Waals surface area contributed by atoms with Crippen LogP contribution in [0.4, 0.5) is 10.5 Å². The van der Waals surface area contributed by atoms with Gasteiger partial charge in [-0.1, -0.05) is 0 Å². The summed E-state index contributed by atoms with van der Waals surface area (Å²) in [6, 6.07) is 6.48. The number of benzene rings is 1. The van der Waals surface area contributed by atoms with Crippen LogP contribution < -0.4 is 9.64 Å². The standard InChI is InChI=1S/C16H20N2O4/c1-20-14-2-3-15-11(6-14)7-17(13-8-21-9-13)5-4-12-10-22-16(19)18(12)15/h2-3,6,12-13H,4-5,7-10H2,1H3/t12-/m0/s1. The van der Waals surface area contributed by atoms with Crippen molar-refractivity contribution in [1.82, 2.24) is 4.90 Å². The highest BCUT2D eigenvalue weighted by Crippen LogP contribution is 2.34. The van der Waals surface area contributed by atoms with Crippen LogP contribution in [0.5, 0.6) is 5.75 Å². The molecule has 0 saturated carbocycles. The van der Waals surface area contributed by atoms with Gasteiger partial charge in [-0.15, -0.1) is 0 Å². The van der Waals surface area contributed by atoms with Crippen LogP contribution >= 0.6 is 0 Å². The number of anilines is 1. The fourth-order valence-electron chi connectivity index (χ4n) is 3.38. The molecule has 0 unspecified atom stereocenters.